The van der Waals surface area contributed by atoms with Gasteiger partial charge in [-0.1, -0.05) is 0 Å². The number of nitrogens with two attached hydrogens (primary N) is 1. The van der Waals surface area contributed by atoms with E-state index in [-0.39, 0.29) is 6.54 Å². The van der Waals surface area contributed by atoms with Crippen LogP contribution in [0.1, 0.15) is 22.8 Å². The number of hydrogen-bond donors (Lipinski definition) is 2. The molecule has 0 aromatic heterocycles. The van der Waals surface area contributed by atoms with Gasteiger partial charge in [0.15, 0.2) is 0 Å². The van der Waals surface area contributed by atoms with Gasteiger partial charge in [0.1, 0.15) is 5.75 Å². The Morgan fingerprint density at radius 3 is 2.43 bits per heavy atom. The first-order valence-electron chi connectivity index (χ1n) is 4.63. The van der Waals surface area contributed by atoms with Gasteiger partial charge >= 0.3 is 0 Å². The van der Waals surface area contributed by atoms with Crippen molar-refractivity contribution in [3.8, 4) is 5.75 Å². The van der Waals surface area contributed by atoms with E-state index in [4.69, 9.17) is 10.5 Å². The maximum Gasteiger partial charge on any atom is 0.124 e. The first kappa shape index (κ1) is 11.0. The summed E-state index contributed by atoms with van der Waals surface area (Å²) in [5.41, 5.74) is 8.45. The highest BCUT2D eigenvalue weighted by atomic mass is 16.5. The number of aryl methyl sites for hydroxylation is 2. The second-order valence-electron chi connectivity index (χ2n) is 3.43. The van der Waals surface area contributed by atoms with Crippen LogP contribution in [0.4, 0.5) is 0 Å². The molecule has 0 aliphatic carbocycles. The van der Waals surface area contributed by atoms with E-state index >= 15 is 0 Å². The minimum atomic E-state index is -0.649. The Bertz CT molecular complexity index is 323. The molecule has 0 fully saturated rings. The molecule has 78 valence electrons. The highest BCUT2D eigenvalue weighted by molar-refractivity contribution is 5.43. The van der Waals surface area contributed by atoms with Gasteiger partial charge in [-0.3, -0.25) is 0 Å². The van der Waals surface area contributed by atoms with E-state index < -0.39 is 6.10 Å². The third-order valence-corrected chi connectivity index (χ3v) is 2.43. The smallest absolute Gasteiger partial charge is 0.124 e. The lowest BCUT2D eigenvalue weighted by Crippen LogP contribution is -2.13. The molecule has 0 heterocycles. The van der Waals surface area contributed by atoms with Gasteiger partial charge in [-0.25, -0.2) is 0 Å². The number of hydrogen-bond acceptors (Lipinski definition) is 3. The molecule has 0 saturated heterocycles. The highest BCUT2D eigenvalue weighted by Crippen LogP contribution is 2.27. The first-order chi connectivity index (χ1) is 6.60. The minimum absolute atomic E-state index is 0.207. The molecule has 14 heavy (non-hydrogen) atoms. The maximum absolute atomic E-state index is 9.65. The fourth-order valence-corrected chi connectivity index (χ4v) is 1.38. The molecule has 0 aliphatic heterocycles. The van der Waals surface area contributed by atoms with Crippen LogP contribution in [0.5, 0.6) is 5.75 Å². The van der Waals surface area contributed by atoms with Crippen molar-refractivity contribution in [2.75, 3.05) is 13.7 Å². The van der Waals surface area contributed by atoms with Crippen LogP contribution in [0, 0.1) is 13.8 Å². The molecule has 3 N–H and O–H groups in total. The molecule has 3 heteroatoms. The Hall–Kier alpha value is -1.06. The number of ether oxygens (including phenoxy) is 1. The van der Waals surface area contributed by atoms with Crippen molar-refractivity contribution in [3.05, 3.63) is 28.8 Å². The van der Waals surface area contributed by atoms with E-state index in [9.17, 15) is 5.11 Å². The molecular formula is C11H17NO2. The second kappa shape index (κ2) is 4.44. The summed E-state index contributed by atoms with van der Waals surface area (Å²) in [6.45, 7) is 4.22. The number of methoxy groups -OCH3 is 1. The topological polar surface area (TPSA) is 55.5 Å². The average molecular weight is 195 g/mol. The van der Waals surface area contributed by atoms with Gasteiger partial charge in [0.05, 0.1) is 13.2 Å². The van der Waals surface area contributed by atoms with Crippen LogP contribution in [0.2, 0.25) is 0 Å². The van der Waals surface area contributed by atoms with Crippen molar-refractivity contribution < 1.29 is 9.84 Å². The fraction of sp³-hybridized carbons (Fsp3) is 0.455. The van der Waals surface area contributed by atoms with Gasteiger partial charge in [-0.2, -0.15) is 0 Å². The van der Waals surface area contributed by atoms with E-state index in [0.717, 1.165) is 16.7 Å². The normalized spacial score (nSPS) is 12.6. The third-order valence-electron chi connectivity index (χ3n) is 2.43. The fourth-order valence-electron chi connectivity index (χ4n) is 1.38. The van der Waals surface area contributed by atoms with Gasteiger partial charge in [0.2, 0.25) is 0 Å². The van der Waals surface area contributed by atoms with Crippen molar-refractivity contribution in [2.24, 2.45) is 5.73 Å². The van der Waals surface area contributed by atoms with Crippen LogP contribution in [-0.2, 0) is 0 Å². The van der Waals surface area contributed by atoms with Crippen LogP contribution in [0.25, 0.3) is 0 Å². The second-order valence-corrected chi connectivity index (χ2v) is 3.43. The molecule has 0 spiro atoms. The van der Waals surface area contributed by atoms with Crippen molar-refractivity contribution in [1.29, 1.82) is 0 Å². The van der Waals surface area contributed by atoms with Crippen molar-refractivity contribution >= 4 is 0 Å². The summed E-state index contributed by atoms with van der Waals surface area (Å²) in [6.07, 6.45) is -0.649. The van der Waals surface area contributed by atoms with E-state index in [1.165, 1.54) is 0 Å². The summed E-state index contributed by atoms with van der Waals surface area (Å²) in [5, 5.41) is 9.65. The maximum atomic E-state index is 9.65. The lowest BCUT2D eigenvalue weighted by molar-refractivity contribution is 0.182. The zero-order valence-electron chi connectivity index (χ0n) is 8.87. The highest BCUT2D eigenvalue weighted by Gasteiger charge is 2.12. The van der Waals surface area contributed by atoms with Crippen LogP contribution in [0.3, 0.4) is 0 Å². The Morgan fingerprint density at radius 2 is 1.93 bits per heavy atom. The van der Waals surface area contributed by atoms with Gasteiger partial charge in [0.25, 0.3) is 0 Å². The summed E-state index contributed by atoms with van der Waals surface area (Å²) in [6, 6.07) is 3.84. The van der Waals surface area contributed by atoms with Crippen LogP contribution in [-0.4, -0.2) is 18.8 Å². The number of benzene rings is 1. The largest absolute Gasteiger partial charge is 0.496 e. The summed E-state index contributed by atoms with van der Waals surface area (Å²) >= 11 is 0. The standard InChI is InChI=1S/C11H17NO2/c1-7-4-9(10(13)6-12)11(14-3)5-8(7)2/h4-5,10,13H,6,12H2,1-3H3/t10-/m1/s1. The zero-order valence-corrected chi connectivity index (χ0v) is 8.87. The number of aliphatic hydroxyl groups excluding tert-OH is 1. The number of aliphatic hydroxyl groups is 1. The van der Waals surface area contributed by atoms with Crippen LogP contribution in [0.15, 0.2) is 12.1 Å². The Kier molecular flexibility index (Phi) is 3.49. The molecule has 0 bridgehead atoms. The SMILES string of the molecule is COc1cc(C)c(C)cc1[C@H](O)CN. The van der Waals surface area contributed by atoms with Crippen molar-refractivity contribution in [1.82, 2.24) is 0 Å². The van der Waals surface area contributed by atoms with Crippen molar-refractivity contribution in [2.45, 2.75) is 20.0 Å². The Balaban J connectivity index is 3.19. The van der Waals surface area contributed by atoms with E-state index in [0.29, 0.717) is 5.75 Å². The lowest BCUT2D eigenvalue weighted by Gasteiger charge is -2.15. The Labute approximate surface area is 84.5 Å². The predicted molar refractivity (Wildman–Crippen MR) is 56.5 cm³/mol. The molecule has 1 rings (SSSR count). The van der Waals surface area contributed by atoms with Crippen LogP contribution < -0.4 is 10.5 Å². The molecule has 0 saturated carbocycles. The summed E-state index contributed by atoms with van der Waals surface area (Å²) in [7, 11) is 1.59. The van der Waals surface area contributed by atoms with Crippen molar-refractivity contribution in [3.63, 3.8) is 0 Å². The molecule has 0 radical (unpaired) electrons. The molecule has 1 aromatic rings. The molecule has 3 nitrogen and oxygen atoms in total. The van der Waals surface area contributed by atoms with Gasteiger partial charge in [-0.05, 0) is 37.1 Å². The first-order valence-corrected chi connectivity index (χ1v) is 4.63. The van der Waals surface area contributed by atoms with Gasteiger partial charge in [0, 0.05) is 12.1 Å². The molecule has 0 unspecified atom stereocenters. The quantitative estimate of drug-likeness (QED) is 0.764. The summed E-state index contributed by atoms with van der Waals surface area (Å²) in [4.78, 5) is 0. The molecular weight excluding hydrogens is 178 g/mol. The Morgan fingerprint density at radius 1 is 1.36 bits per heavy atom. The lowest BCUT2D eigenvalue weighted by atomic mass is 10.0. The van der Waals surface area contributed by atoms with E-state index in [1.54, 1.807) is 7.11 Å². The molecule has 1 aromatic carbocycles. The van der Waals surface area contributed by atoms with E-state index in [1.807, 2.05) is 26.0 Å². The predicted octanol–water partition coefficient (Wildman–Crippen LogP) is 1.30. The average Bonchev–Trinajstić information content (AvgIpc) is 2.20. The van der Waals surface area contributed by atoms with Gasteiger partial charge < -0.3 is 15.6 Å². The molecule has 0 aliphatic rings. The van der Waals surface area contributed by atoms with E-state index in [2.05, 4.69) is 0 Å². The van der Waals surface area contributed by atoms with Crippen LogP contribution >= 0.6 is 0 Å². The van der Waals surface area contributed by atoms with Gasteiger partial charge in [-0.15, -0.1) is 0 Å². The zero-order chi connectivity index (χ0) is 10.7. The number of rotatable bonds is 3. The molecule has 0 amide bonds. The summed E-state index contributed by atoms with van der Waals surface area (Å²) < 4.78 is 5.19. The third kappa shape index (κ3) is 2.05. The monoisotopic (exact) mass is 195 g/mol. The molecule has 1 atom stereocenters. The minimum Gasteiger partial charge on any atom is -0.496 e. The summed E-state index contributed by atoms with van der Waals surface area (Å²) in [5.74, 6) is 0.700.